The molecule has 222 valence electrons. The summed E-state index contributed by atoms with van der Waals surface area (Å²) in [5.74, 6) is -0.266. The first-order valence-electron chi connectivity index (χ1n) is 13.3. The summed E-state index contributed by atoms with van der Waals surface area (Å²) in [5, 5.41) is 24.4. The van der Waals surface area contributed by atoms with Crippen LogP contribution in [0.3, 0.4) is 0 Å². The molecule has 1 unspecified atom stereocenters. The highest BCUT2D eigenvalue weighted by Crippen LogP contribution is 2.46. The predicted octanol–water partition coefficient (Wildman–Crippen LogP) is 2.39. The summed E-state index contributed by atoms with van der Waals surface area (Å²) >= 11 is 0. The van der Waals surface area contributed by atoms with E-state index in [1.165, 1.54) is 19.2 Å². The van der Waals surface area contributed by atoms with Crippen LogP contribution in [0.4, 0.5) is 5.82 Å². The van der Waals surface area contributed by atoms with Gasteiger partial charge in [0.2, 0.25) is 0 Å². The fraction of sp³-hybridized carbons (Fsp3) is 0.577. The number of aromatic nitrogens is 2. The van der Waals surface area contributed by atoms with E-state index in [1.807, 2.05) is 13.8 Å². The van der Waals surface area contributed by atoms with Crippen molar-refractivity contribution in [2.45, 2.75) is 70.5 Å². The molecule has 3 rings (SSSR count). The van der Waals surface area contributed by atoms with Gasteiger partial charge in [-0.2, -0.15) is 4.98 Å². The van der Waals surface area contributed by atoms with Crippen molar-refractivity contribution in [1.82, 2.24) is 14.6 Å². The number of anilines is 1. The summed E-state index contributed by atoms with van der Waals surface area (Å²) in [4.78, 5) is 28.4. The van der Waals surface area contributed by atoms with E-state index in [-0.39, 0.29) is 36.6 Å². The van der Waals surface area contributed by atoms with Crippen LogP contribution in [0.5, 0.6) is 5.75 Å². The largest absolute Gasteiger partial charge is 0.464 e. The maximum atomic E-state index is 13.7. The molecule has 1 aromatic carbocycles. The van der Waals surface area contributed by atoms with Crippen LogP contribution in [0.25, 0.3) is 0 Å². The van der Waals surface area contributed by atoms with Gasteiger partial charge in [-0.3, -0.25) is 13.9 Å². The Morgan fingerprint density at radius 2 is 1.93 bits per heavy atom. The van der Waals surface area contributed by atoms with Gasteiger partial charge in [-0.15, -0.1) is 0 Å². The Kier molecular flexibility index (Phi) is 11.3. The zero-order valence-electron chi connectivity index (χ0n) is 23.0. The van der Waals surface area contributed by atoms with Crippen molar-refractivity contribution in [2.24, 2.45) is 5.92 Å². The van der Waals surface area contributed by atoms with E-state index >= 15 is 0 Å². The molecule has 2 aromatic rings. The second kappa shape index (κ2) is 14.2. The van der Waals surface area contributed by atoms with Gasteiger partial charge in [0.15, 0.2) is 6.23 Å². The number of ether oxygens (including phenoxy) is 2. The molecule has 1 fully saturated rings. The number of hydrogen-bond donors (Lipinski definition) is 4. The van der Waals surface area contributed by atoms with Crippen molar-refractivity contribution in [3.05, 3.63) is 53.1 Å². The Balaban J connectivity index is 1.67. The zero-order chi connectivity index (χ0) is 29.3. The number of nitrogens with two attached hydrogens (primary N) is 1. The number of carbonyl (C=O) groups excluding carboxylic acids is 1. The highest BCUT2D eigenvalue weighted by atomic mass is 31.2. The van der Waals surface area contributed by atoms with Crippen LogP contribution >= 0.6 is 7.75 Å². The van der Waals surface area contributed by atoms with Gasteiger partial charge in [-0.1, -0.05) is 44.9 Å². The lowest BCUT2D eigenvalue weighted by Crippen LogP contribution is -2.46. The average molecular weight is 583 g/mol. The first kappa shape index (κ1) is 31.7. The molecular formula is C26H39N4O9P. The summed E-state index contributed by atoms with van der Waals surface area (Å²) in [7, 11) is -4.09. The van der Waals surface area contributed by atoms with Crippen molar-refractivity contribution < 1.29 is 38.1 Å². The monoisotopic (exact) mass is 582 g/mol. The van der Waals surface area contributed by atoms with Gasteiger partial charge in [0.05, 0.1) is 12.5 Å². The average Bonchev–Trinajstić information content (AvgIpc) is 3.14. The number of nitrogen functional groups attached to an aromatic ring is 1. The van der Waals surface area contributed by atoms with Gasteiger partial charge in [-0.25, -0.2) is 14.4 Å². The lowest BCUT2D eigenvalue weighted by molar-refractivity contribution is -0.148. The molecule has 0 radical (unpaired) electrons. The Labute approximate surface area is 233 Å². The second-order valence-corrected chi connectivity index (χ2v) is 11.5. The van der Waals surface area contributed by atoms with E-state index in [0.29, 0.717) is 0 Å². The van der Waals surface area contributed by atoms with Crippen molar-refractivity contribution in [3.8, 4) is 5.75 Å². The van der Waals surface area contributed by atoms with Gasteiger partial charge < -0.3 is 29.9 Å². The Bertz CT molecular complexity index is 1200. The number of nitrogens with one attached hydrogen (secondary N) is 1. The molecule has 0 spiro atoms. The molecule has 1 saturated heterocycles. The number of nitrogens with zero attached hydrogens (tertiary/aromatic N) is 2. The number of rotatable bonds is 15. The van der Waals surface area contributed by atoms with Crippen LogP contribution in [0.2, 0.25) is 0 Å². The molecule has 1 aromatic heterocycles. The van der Waals surface area contributed by atoms with Crippen LogP contribution in [0.15, 0.2) is 47.4 Å². The van der Waals surface area contributed by atoms with Gasteiger partial charge >= 0.3 is 19.4 Å². The van der Waals surface area contributed by atoms with Crippen LogP contribution in [-0.2, 0) is 23.4 Å². The normalized spacial score (nSPS) is 24.1. The minimum atomic E-state index is -4.09. The maximum Gasteiger partial charge on any atom is 0.458 e. The van der Waals surface area contributed by atoms with E-state index in [0.717, 1.165) is 30.3 Å². The zero-order valence-corrected chi connectivity index (χ0v) is 23.9. The SMILES string of the molecule is CCCC(CCC)C(=O)OCCNP(=O)(OC[C@H]1O[C@@H](n2ccc(N)nc2=O)[C@](C)(O)[C@@H]1O)Oc1ccccc1. The standard InChI is InChI=1S/C26H39N4O9P/c1-4-9-18(10-5-2)23(32)36-16-14-28-40(35,39-19-11-7-6-8-12-19)37-17-20-22(31)26(3,34)24(38-20)30-15-13-21(27)29-25(30)33/h6-8,11-13,15,18,20,22,24,31,34H,4-5,9-10,14,16-17H2,1-3H3,(H,28,35)(H2,27,29,33)/t20-,22-,24-,26-,40?/m1/s1. The molecule has 5 atom stereocenters. The van der Waals surface area contributed by atoms with Crippen LogP contribution < -0.4 is 21.0 Å². The van der Waals surface area contributed by atoms with Crippen LogP contribution in [-0.4, -0.2) is 63.3 Å². The molecule has 2 heterocycles. The lowest BCUT2D eigenvalue weighted by Gasteiger charge is -2.27. The van der Waals surface area contributed by atoms with E-state index in [9.17, 15) is 24.4 Å². The number of benzene rings is 1. The maximum absolute atomic E-state index is 13.7. The Morgan fingerprint density at radius 1 is 1.25 bits per heavy atom. The topological polar surface area (TPSA) is 184 Å². The third kappa shape index (κ3) is 8.12. The minimum Gasteiger partial charge on any atom is -0.464 e. The molecule has 0 amide bonds. The second-order valence-electron chi connectivity index (χ2n) is 9.79. The molecule has 1 aliphatic rings. The first-order valence-corrected chi connectivity index (χ1v) is 14.9. The van der Waals surface area contributed by atoms with Crippen LogP contribution in [0, 0.1) is 5.92 Å². The minimum absolute atomic E-state index is 0.0127. The third-order valence-electron chi connectivity index (χ3n) is 6.50. The number of hydrogen-bond acceptors (Lipinski definition) is 11. The third-order valence-corrected chi connectivity index (χ3v) is 8.05. The van der Waals surface area contributed by atoms with E-state index in [4.69, 9.17) is 24.3 Å². The molecule has 14 heteroatoms. The highest BCUT2D eigenvalue weighted by Gasteiger charge is 2.54. The summed E-state index contributed by atoms with van der Waals surface area (Å²) in [6, 6.07) is 9.65. The number of aliphatic hydroxyl groups excluding tert-OH is 1. The van der Waals surface area contributed by atoms with Gasteiger partial charge in [-0.05, 0) is 38.0 Å². The fourth-order valence-corrected chi connectivity index (χ4v) is 5.72. The predicted molar refractivity (Wildman–Crippen MR) is 146 cm³/mol. The van der Waals surface area contributed by atoms with Crippen molar-refractivity contribution >= 4 is 19.5 Å². The van der Waals surface area contributed by atoms with Gasteiger partial charge in [0.1, 0.15) is 36.0 Å². The number of aliphatic hydroxyl groups is 2. The molecule has 0 aliphatic carbocycles. The van der Waals surface area contributed by atoms with Crippen molar-refractivity contribution in [3.63, 3.8) is 0 Å². The Morgan fingerprint density at radius 3 is 2.55 bits per heavy atom. The number of esters is 1. The molecule has 5 N–H and O–H groups in total. The fourth-order valence-electron chi connectivity index (χ4n) is 4.41. The first-order chi connectivity index (χ1) is 19.0. The quantitative estimate of drug-likeness (QED) is 0.137. The van der Waals surface area contributed by atoms with E-state index < -0.39 is 44.1 Å². The highest BCUT2D eigenvalue weighted by molar-refractivity contribution is 7.52. The number of carbonyl (C=O) groups is 1. The van der Waals surface area contributed by atoms with E-state index in [2.05, 4.69) is 10.1 Å². The summed E-state index contributed by atoms with van der Waals surface area (Å²) in [5.41, 5.74) is 2.83. The van der Waals surface area contributed by atoms with Gasteiger partial charge in [0, 0.05) is 12.7 Å². The van der Waals surface area contributed by atoms with Crippen molar-refractivity contribution in [2.75, 3.05) is 25.5 Å². The molecule has 1 aliphatic heterocycles. The van der Waals surface area contributed by atoms with Crippen LogP contribution in [0.1, 0.15) is 52.7 Å². The lowest BCUT2D eigenvalue weighted by atomic mass is 9.96. The molecule has 40 heavy (non-hydrogen) atoms. The molecule has 0 saturated carbocycles. The number of para-hydroxylation sites is 1. The smallest absolute Gasteiger partial charge is 0.458 e. The van der Waals surface area contributed by atoms with Crippen molar-refractivity contribution in [1.29, 1.82) is 0 Å². The molecule has 13 nitrogen and oxygen atoms in total. The molecular weight excluding hydrogens is 543 g/mol. The molecule has 0 bridgehead atoms. The summed E-state index contributed by atoms with van der Waals surface area (Å²) in [6.45, 7) is 4.72. The summed E-state index contributed by atoms with van der Waals surface area (Å²) < 4.78 is 37.0. The van der Waals surface area contributed by atoms with E-state index in [1.54, 1.807) is 30.3 Å². The Hall–Kier alpha value is -2.80. The van der Waals surface area contributed by atoms with Gasteiger partial charge in [0.25, 0.3) is 0 Å². The summed E-state index contributed by atoms with van der Waals surface area (Å²) in [6.07, 6.45) is 0.423.